The lowest BCUT2D eigenvalue weighted by Crippen LogP contribution is -2.15. The largest absolute Gasteiger partial charge is 0.487 e. The molecule has 1 aliphatic rings. The predicted molar refractivity (Wildman–Crippen MR) is 125 cm³/mol. The molecule has 2 heterocycles. The van der Waals surface area contributed by atoms with Gasteiger partial charge in [0.05, 0.1) is 37.1 Å². The van der Waals surface area contributed by atoms with Crippen molar-refractivity contribution >= 4 is 22.5 Å². The van der Waals surface area contributed by atoms with Crippen LogP contribution in [0.4, 0.5) is 24.8 Å². The van der Waals surface area contributed by atoms with Crippen LogP contribution in [-0.2, 0) is 22.2 Å². The van der Waals surface area contributed by atoms with E-state index in [2.05, 4.69) is 25.3 Å². The minimum atomic E-state index is -4.71. The van der Waals surface area contributed by atoms with Crippen LogP contribution < -0.4 is 20.5 Å². The quantitative estimate of drug-likeness (QED) is 0.351. The zero-order valence-corrected chi connectivity index (χ0v) is 19.9. The standard InChI is InChI=1S/C23H27F3N6O4/c1-13-29-17-11-19(35-6-5-33-2)18(36-8-7-34-15-3-4-15)10-16(17)21(30-13)28-12-14-9-20(27)32-22(31-14)23(24,25)26/h9-11,15H,3-8,12H2,1-2H3,(H2,27,31,32)(H,28,29,30). The molecule has 0 amide bonds. The van der Waals surface area contributed by atoms with E-state index in [9.17, 15) is 13.2 Å². The zero-order chi connectivity index (χ0) is 25.7. The highest BCUT2D eigenvalue weighted by Crippen LogP contribution is 2.35. The zero-order valence-electron chi connectivity index (χ0n) is 19.9. The molecule has 0 saturated heterocycles. The van der Waals surface area contributed by atoms with Crippen molar-refractivity contribution in [1.29, 1.82) is 0 Å². The molecule has 3 N–H and O–H groups in total. The minimum absolute atomic E-state index is 0.0625. The van der Waals surface area contributed by atoms with Gasteiger partial charge in [-0.25, -0.2) is 19.9 Å². The highest BCUT2D eigenvalue weighted by atomic mass is 19.4. The normalized spacial score (nSPS) is 13.7. The van der Waals surface area contributed by atoms with Crippen LogP contribution in [0.25, 0.3) is 10.9 Å². The Kier molecular flexibility index (Phi) is 7.89. The lowest BCUT2D eigenvalue weighted by Gasteiger charge is -2.16. The number of aromatic nitrogens is 4. The van der Waals surface area contributed by atoms with E-state index in [1.54, 1.807) is 26.2 Å². The Morgan fingerprint density at radius 3 is 2.39 bits per heavy atom. The SMILES string of the molecule is COCCOc1cc2nc(C)nc(NCc3cc(N)nc(C(F)(F)F)n3)c2cc1OCCOC1CC1. The molecule has 1 fully saturated rings. The van der Waals surface area contributed by atoms with Gasteiger partial charge in [-0.05, 0) is 25.8 Å². The number of fused-ring (bicyclic) bond motifs is 1. The number of benzene rings is 1. The number of ether oxygens (including phenoxy) is 4. The monoisotopic (exact) mass is 508 g/mol. The first-order valence-corrected chi connectivity index (χ1v) is 11.4. The van der Waals surface area contributed by atoms with Crippen LogP contribution >= 0.6 is 0 Å². The molecular formula is C23H27F3N6O4. The fraction of sp³-hybridized carbons (Fsp3) is 0.478. The van der Waals surface area contributed by atoms with Gasteiger partial charge in [-0.15, -0.1) is 0 Å². The summed E-state index contributed by atoms with van der Waals surface area (Å²) < 4.78 is 61.7. The van der Waals surface area contributed by atoms with Crippen molar-refractivity contribution in [2.75, 3.05) is 44.6 Å². The van der Waals surface area contributed by atoms with Crippen molar-refractivity contribution in [3.05, 3.63) is 35.5 Å². The molecule has 10 nitrogen and oxygen atoms in total. The summed E-state index contributed by atoms with van der Waals surface area (Å²) in [6.45, 7) is 3.09. The highest BCUT2D eigenvalue weighted by molar-refractivity contribution is 5.91. The molecule has 0 bridgehead atoms. The number of hydrogen-bond acceptors (Lipinski definition) is 10. The summed E-state index contributed by atoms with van der Waals surface area (Å²) in [5, 5.41) is 3.63. The average Bonchev–Trinajstić information content (AvgIpc) is 3.64. The molecule has 194 valence electrons. The Balaban J connectivity index is 1.59. The highest BCUT2D eigenvalue weighted by Gasteiger charge is 2.35. The summed E-state index contributed by atoms with van der Waals surface area (Å²) in [6, 6.07) is 4.73. The van der Waals surface area contributed by atoms with E-state index in [0.717, 1.165) is 12.8 Å². The summed E-state index contributed by atoms with van der Waals surface area (Å²) in [4.78, 5) is 15.7. The van der Waals surface area contributed by atoms with Gasteiger partial charge in [0.2, 0.25) is 5.82 Å². The van der Waals surface area contributed by atoms with Gasteiger partial charge < -0.3 is 30.0 Å². The molecule has 0 spiro atoms. The van der Waals surface area contributed by atoms with E-state index in [-0.39, 0.29) is 18.1 Å². The van der Waals surface area contributed by atoms with Crippen LogP contribution in [0.1, 0.15) is 30.2 Å². The lowest BCUT2D eigenvalue weighted by atomic mass is 10.2. The maximum Gasteiger partial charge on any atom is 0.451 e. The van der Waals surface area contributed by atoms with Gasteiger partial charge in [-0.1, -0.05) is 0 Å². The van der Waals surface area contributed by atoms with Gasteiger partial charge in [-0.2, -0.15) is 13.2 Å². The molecule has 1 aliphatic carbocycles. The molecule has 13 heteroatoms. The van der Waals surface area contributed by atoms with E-state index in [4.69, 9.17) is 24.7 Å². The first kappa shape index (κ1) is 25.6. The average molecular weight is 509 g/mol. The van der Waals surface area contributed by atoms with Crippen molar-refractivity contribution < 1.29 is 32.1 Å². The summed E-state index contributed by atoms with van der Waals surface area (Å²) >= 11 is 0. The van der Waals surface area contributed by atoms with Crippen LogP contribution in [0.5, 0.6) is 11.5 Å². The third kappa shape index (κ3) is 6.82. The van der Waals surface area contributed by atoms with Gasteiger partial charge in [0.1, 0.15) is 30.7 Å². The van der Waals surface area contributed by atoms with Crippen LogP contribution in [-0.4, -0.2) is 59.6 Å². The Morgan fingerprint density at radius 1 is 0.972 bits per heavy atom. The van der Waals surface area contributed by atoms with E-state index in [1.165, 1.54) is 6.07 Å². The third-order valence-electron chi connectivity index (χ3n) is 5.13. The van der Waals surface area contributed by atoms with Crippen LogP contribution in [0.2, 0.25) is 0 Å². The summed E-state index contributed by atoms with van der Waals surface area (Å²) in [6.07, 6.45) is -2.27. The summed E-state index contributed by atoms with van der Waals surface area (Å²) in [5.74, 6) is 0.209. The first-order chi connectivity index (χ1) is 17.2. The number of halogens is 3. The minimum Gasteiger partial charge on any atom is -0.487 e. The van der Waals surface area contributed by atoms with Crippen molar-refractivity contribution in [1.82, 2.24) is 19.9 Å². The number of nitrogen functional groups attached to an aromatic ring is 1. The molecule has 0 aliphatic heterocycles. The predicted octanol–water partition coefficient (Wildman–Crippen LogP) is 3.52. The number of nitrogens with one attached hydrogen (secondary N) is 1. The lowest BCUT2D eigenvalue weighted by molar-refractivity contribution is -0.145. The van der Waals surface area contributed by atoms with Gasteiger partial charge in [0.25, 0.3) is 0 Å². The van der Waals surface area contributed by atoms with E-state index in [0.29, 0.717) is 66.6 Å². The Labute approximate surface area is 205 Å². The van der Waals surface area contributed by atoms with E-state index in [1.807, 2.05) is 0 Å². The van der Waals surface area contributed by atoms with Crippen molar-refractivity contribution in [3.63, 3.8) is 0 Å². The molecule has 1 saturated carbocycles. The summed E-state index contributed by atoms with van der Waals surface area (Å²) in [7, 11) is 1.58. The maximum atomic E-state index is 13.1. The topological polar surface area (TPSA) is 127 Å². The Morgan fingerprint density at radius 2 is 1.69 bits per heavy atom. The van der Waals surface area contributed by atoms with Crippen molar-refractivity contribution in [3.8, 4) is 11.5 Å². The Hall–Kier alpha value is -3.45. The maximum absolute atomic E-state index is 13.1. The number of aryl methyl sites for hydroxylation is 1. The molecule has 3 aromatic rings. The van der Waals surface area contributed by atoms with Gasteiger partial charge >= 0.3 is 6.18 Å². The number of anilines is 2. The summed E-state index contributed by atoms with van der Waals surface area (Å²) in [5.41, 5.74) is 6.18. The molecule has 0 radical (unpaired) electrons. The first-order valence-electron chi connectivity index (χ1n) is 11.4. The Bertz CT molecular complexity index is 1210. The second kappa shape index (κ2) is 11.1. The molecule has 0 atom stereocenters. The second-order valence-corrected chi connectivity index (χ2v) is 8.15. The molecule has 1 aromatic carbocycles. The van der Waals surface area contributed by atoms with E-state index >= 15 is 0 Å². The van der Waals surface area contributed by atoms with Gasteiger partial charge in [0.15, 0.2) is 11.5 Å². The molecule has 0 unspecified atom stereocenters. The van der Waals surface area contributed by atoms with Crippen molar-refractivity contribution in [2.24, 2.45) is 0 Å². The number of nitrogens with zero attached hydrogens (tertiary/aromatic N) is 4. The second-order valence-electron chi connectivity index (χ2n) is 8.15. The fourth-order valence-electron chi connectivity index (χ4n) is 3.36. The van der Waals surface area contributed by atoms with Gasteiger partial charge in [-0.3, -0.25) is 0 Å². The van der Waals surface area contributed by atoms with Crippen LogP contribution in [0.3, 0.4) is 0 Å². The molecule has 36 heavy (non-hydrogen) atoms. The number of hydrogen-bond donors (Lipinski definition) is 2. The third-order valence-corrected chi connectivity index (χ3v) is 5.13. The molecule has 2 aromatic heterocycles. The molecular weight excluding hydrogens is 481 g/mol. The molecule has 4 rings (SSSR count). The van der Waals surface area contributed by atoms with Crippen LogP contribution in [0.15, 0.2) is 18.2 Å². The number of nitrogens with two attached hydrogens (primary N) is 1. The van der Waals surface area contributed by atoms with E-state index < -0.39 is 12.0 Å². The van der Waals surface area contributed by atoms with Crippen LogP contribution in [0, 0.1) is 6.92 Å². The number of methoxy groups -OCH3 is 1. The fourth-order valence-corrected chi connectivity index (χ4v) is 3.36. The smallest absolute Gasteiger partial charge is 0.451 e. The van der Waals surface area contributed by atoms with Crippen molar-refractivity contribution in [2.45, 2.75) is 38.6 Å². The number of alkyl halides is 3. The van der Waals surface area contributed by atoms with Gasteiger partial charge in [0, 0.05) is 24.6 Å². The number of rotatable bonds is 12.